The van der Waals surface area contributed by atoms with Gasteiger partial charge in [-0.05, 0) is 25.5 Å². The monoisotopic (exact) mass is 242 g/mol. The largest absolute Gasteiger partial charge is 0.384 e. The molecule has 2 unspecified atom stereocenters. The van der Waals surface area contributed by atoms with E-state index in [-0.39, 0.29) is 0 Å². The van der Waals surface area contributed by atoms with Gasteiger partial charge in [0.2, 0.25) is 0 Å². The number of ether oxygens (including phenoxy) is 1. The van der Waals surface area contributed by atoms with E-state index in [1.807, 2.05) is 24.4 Å². The molecular formula is C15H18N2O. The lowest BCUT2D eigenvalue weighted by Crippen LogP contribution is -2.20. The fourth-order valence-electron chi connectivity index (χ4n) is 2.54. The Bertz CT molecular complexity index is 536. The van der Waals surface area contributed by atoms with Gasteiger partial charge in [0.25, 0.3) is 0 Å². The van der Waals surface area contributed by atoms with Gasteiger partial charge in [-0.25, -0.2) is 0 Å². The number of benzene rings is 1. The molecule has 2 aromatic rings. The van der Waals surface area contributed by atoms with Crippen LogP contribution < -0.4 is 5.32 Å². The molecule has 1 fully saturated rings. The van der Waals surface area contributed by atoms with Crippen LogP contribution in [-0.4, -0.2) is 24.2 Å². The molecule has 3 heteroatoms. The molecule has 1 N–H and O–H groups in total. The number of hydrogen-bond donors (Lipinski definition) is 1. The van der Waals surface area contributed by atoms with Gasteiger partial charge in [-0.15, -0.1) is 0 Å². The van der Waals surface area contributed by atoms with E-state index < -0.39 is 0 Å². The lowest BCUT2D eigenvalue weighted by atomic mass is 10.0. The van der Waals surface area contributed by atoms with E-state index in [2.05, 4.69) is 29.4 Å². The summed E-state index contributed by atoms with van der Waals surface area (Å²) in [6.45, 7) is 4.02. The van der Waals surface area contributed by atoms with Crippen molar-refractivity contribution in [1.29, 1.82) is 0 Å². The number of hydrogen-bond acceptors (Lipinski definition) is 3. The summed E-state index contributed by atoms with van der Waals surface area (Å²) in [5.41, 5.74) is 2.21. The lowest BCUT2D eigenvalue weighted by molar-refractivity contribution is 0.108. The molecule has 18 heavy (non-hydrogen) atoms. The van der Waals surface area contributed by atoms with Crippen LogP contribution in [0.4, 0.5) is 5.69 Å². The molecule has 1 aromatic carbocycles. The highest BCUT2D eigenvalue weighted by Crippen LogP contribution is 2.24. The number of nitrogens with zero attached hydrogens (tertiary/aromatic N) is 1. The third-order valence-electron chi connectivity index (χ3n) is 3.74. The second kappa shape index (κ2) is 4.94. The van der Waals surface area contributed by atoms with Crippen LogP contribution in [0.3, 0.4) is 0 Å². The van der Waals surface area contributed by atoms with Crippen molar-refractivity contribution >= 4 is 16.6 Å². The van der Waals surface area contributed by atoms with E-state index in [4.69, 9.17) is 4.74 Å². The van der Waals surface area contributed by atoms with Crippen molar-refractivity contribution in [2.45, 2.75) is 19.4 Å². The first-order valence-electron chi connectivity index (χ1n) is 6.54. The van der Waals surface area contributed by atoms with Crippen molar-refractivity contribution in [3.8, 4) is 0 Å². The van der Waals surface area contributed by atoms with Gasteiger partial charge in [-0.1, -0.05) is 18.2 Å². The van der Waals surface area contributed by atoms with E-state index in [0.29, 0.717) is 12.0 Å². The van der Waals surface area contributed by atoms with E-state index >= 15 is 0 Å². The molecular weight excluding hydrogens is 224 g/mol. The molecule has 0 spiro atoms. The molecule has 1 aliphatic rings. The Morgan fingerprint density at radius 3 is 3.06 bits per heavy atom. The van der Waals surface area contributed by atoms with Gasteiger partial charge in [0.1, 0.15) is 0 Å². The van der Waals surface area contributed by atoms with Crippen molar-refractivity contribution in [3.63, 3.8) is 0 Å². The summed E-state index contributed by atoms with van der Waals surface area (Å²) < 4.78 is 5.59. The molecule has 2 atom stereocenters. The maximum atomic E-state index is 5.59. The van der Waals surface area contributed by atoms with Crippen LogP contribution in [0.15, 0.2) is 36.5 Å². The number of para-hydroxylation sites is 1. The summed E-state index contributed by atoms with van der Waals surface area (Å²) >= 11 is 0. The van der Waals surface area contributed by atoms with Crippen molar-refractivity contribution in [1.82, 2.24) is 4.98 Å². The third kappa shape index (κ3) is 2.18. The van der Waals surface area contributed by atoms with E-state index in [1.54, 1.807) is 0 Å². The smallest absolute Gasteiger partial charge is 0.0722 e. The zero-order valence-electron chi connectivity index (χ0n) is 10.6. The molecule has 1 aliphatic heterocycles. The van der Waals surface area contributed by atoms with Gasteiger partial charge in [0.15, 0.2) is 0 Å². The Labute approximate surface area is 107 Å². The molecule has 0 bridgehead atoms. The maximum Gasteiger partial charge on any atom is 0.0722 e. The lowest BCUT2D eigenvalue weighted by Gasteiger charge is -2.16. The quantitative estimate of drug-likeness (QED) is 0.898. The minimum atomic E-state index is 0.366. The van der Waals surface area contributed by atoms with Crippen LogP contribution in [0.1, 0.15) is 13.3 Å². The van der Waals surface area contributed by atoms with Gasteiger partial charge >= 0.3 is 0 Å². The molecule has 2 heterocycles. The number of aromatic nitrogens is 1. The summed E-state index contributed by atoms with van der Waals surface area (Å²) in [5.74, 6) is 0.608. The molecule has 1 saturated heterocycles. The molecule has 3 nitrogen and oxygen atoms in total. The molecule has 94 valence electrons. The van der Waals surface area contributed by atoms with Crippen molar-refractivity contribution in [3.05, 3.63) is 36.5 Å². The van der Waals surface area contributed by atoms with Crippen LogP contribution in [-0.2, 0) is 4.74 Å². The van der Waals surface area contributed by atoms with Crippen LogP contribution in [0.5, 0.6) is 0 Å². The zero-order chi connectivity index (χ0) is 12.4. The first-order valence-corrected chi connectivity index (χ1v) is 6.54. The molecule has 1 aromatic heterocycles. The SMILES string of the molecule is CC1OCCC1CNc1ccnc2ccccc12. The van der Waals surface area contributed by atoms with Crippen molar-refractivity contribution < 1.29 is 4.74 Å². The highest BCUT2D eigenvalue weighted by atomic mass is 16.5. The second-order valence-corrected chi connectivity index (χ2v) is 4.88. The van der Waals surface area contributed by atoms with E-state index in [0.717, 1.165) is 25.1 Å². The van der Waals surface area contributed by atoms with E-state index in [9.17, 15) is 0 Å². The first-order chi connectivity index (χ1) is 8.84. The highest BCUT2D eigenvalue weighted by molar-refractivity contribution is 5.90. The summed E-state index contributed by atoms with van der Waals surface area (Å²) in [5, 5.41) is 4.73. The topological polar surface area (TPSA) is 34.1 Å². The maximum absolute atomic E-state index is 5.59. The summed E-state index contributed by atoms with van der Waals surface area (Å²) in [6, 6.07) is 10.3. The van der Waals surface area contributed by atoms with Gasteiger partial charge in [-0.3, -0.25) is 4.98 Å². The minimum absolute atomic E-state index is 0.366. The fraction of sp³-hybridized carbons (Fsp3) is 0.400. The highest BCUT2D eigenvalue weighted by Gasteiger charge is 2.23. The Morgan fingerprint density at radius 1 is 1.33 bits per heavy atom. The number of nitrogens with one attached hydrogen (secondary N) is 1. The molecule has 3 rings (SSSR count). The average Bonchev–Trinajstić information content (AvgIpc) is 2.82. The Hall–Kier alpha value is -1.61. The van der Waals surface area contributed by atoms with Crippen LogP contribution in [0.25, 0.3) is 10.9 Å². The zero-order valence-corrected chi connectivity index (χ0v) is 10.6. The normalized spacial score (nSPS) is 23.4. The third-order valence-corrected chi connectivity index (χ3v) is 3.74. The van der Waals surface area contributed by atoms with Gasteiger partial charge in [-0.2, -0.15) is 0 Å². The summed E-state index contributed by atoms with van der Waals surface area (Å²) in [4.78, 5) is 4.37. The number of fused-ring (bicyclic) bond motifs is 1. The minimum Gasteiger partial charge on any atom is -0.384 e. The molecule has 0 radical (unpaired) electrons. The molecule has 0 amide bonds. The Morgan fingerprint density at radius 2 is 2.22 bits per heavy atom. The predicted octanol–water partition coefficient (Wildman–Crippen LogP) is 3.07. The predicted molar refractivity (Wildman–Crippen MR) is 73.8 cm³/mol. The first kappa shape index (κ1) is 11.5. The summed E-state index contributed by atoms with van der Waals surface area (Å²) in [6.07, 6.45) is 3.38. The Balaban J connectivity index is 1.78. The average molecular weight is 242 g/mol. The van der Waals surface area contributed by atoms with Crippen LogP contribution >= 0.6 is 0 Å². The number of pyridine rings is 1. The summed E-state index contributed by atoms with van der Waals surface area (Å²) in [7, 11) is 0. The standard InChI is InChI=1S/C15H18N2O/c1-11-12(7-9-18-11)10-17-15-6-8-16-14-5-3-2-4-13(14)15/h2-6,8,11-12H,7,9-10H2,1H3,(H,16,17). The second-order valence-electron chi connectivity index (χ2n) is 4.88. The van der Waals surface area contributed by atoms with Crippen LogP contribution in [0.2, 0.25) is 0 Å². The Kier molecular flexibility index (Phi) is 3.15. The molecule has 0 saturated carbocycles. The van der Waals surface area contributed by atoms with Gasteiger partial charge in [0.05, 0.1) is 11.6 Å². The van der Waals surface area contributed by atoms with Crippen molar-refractivity contribution in [2.24, 2.45) is 5.92 Å². The number of rotatable bonds is 3. The van der Waals surface area contributed by atoms with Crippen LogP contribution in [0, 0.1) is 5.92 Å². The van der Waals surface area contributed by atoms with Crippen molar-refractivity contribution in [2.75, 3.05) is 18.5 Å². The van der Waals surface area contributed by atoms with Gasteiger partial charge in [0, 0.05) is 36.3 Å². The van der Waals surface area contributed by atoms with Gasteiger partial charge < -0.3 is 10.1 Å². The number of anilines is 1. The molecule has 0 aliphatic carbocycles. The van der Waals surface area contributed by atoms with E-state index in [1.165, 1.54) is 11.1 Å². The fourth-order valence-corrected chi connectivity index (χ4v) is 2.54.